The number of thiophene rings is 1. The van der Waals surface area contributed by atoms with Crippen molar-refractivity contribution >= 4 is 22.9 Å². The first-order valence-electron chi connectivity index (χ1n) is 7.74. The van der Waals surface area contributed by atoms with E-state index in [0.29, 0.717) is 6.04 Å². The van der Waals surface area contributed by atoms with Crippen molar-refractivity contribution in [2.24, 2.45) is 11.8 Å². The van der Waals surface area contributed by atoms with E-state index in [-0.39, 0.29) is 0 Å². The zero-order chi connectivity index (χ0) is 13.2. The maximum Gasteiger partial charge on any atom is 0.0934 e. The Bertz CT molecular complexity index is 420. The van der Waals surface area contributed by atoms with Crippen LogP contribution in [0.4, 0.5) is 0 Å². The minimum Gasteiger partial charge on any atom is -0.310 e. The van der Waals surface area contributed by atoms with Crippen molar-refractivity contribution in [3.63, 3.8) is 0 Å². The fraction of sp³-hybridized carbons (Fsp3) is 0.750. The van der Waals surface area contributed by atoms with Gasteiger partial charge in [0.25, 0.3) is 0 Å². The number of rotatable bonds is 3. The Morgan fingerprint density at radius 1 is 1.26 bits per heavy atom. The fourth-order valence-corrected chi connectivity index (χ4v) is 4.96. The van der Waals surface area contributed by atoms with E-state index in [9.17, 15) is 0 Å². The Hall–Kier alpha value is -0.0500. The van der Waals surface area contributed by atoms with Gasteiger partial charge in [-0.15, -0.1) is 11.3 Å². The van der Waals surface area contributed by atoms with E-state index in [0.717, 1.165) is 16.2 Å². The lowest BCUT2D eigenvalue weighted by Gasteiger charge is -2.30. The predicted molar refractivity (Wildman–Crippen MR) is 84.1 cm³/mol. The lowest BCUT2D eigenvalue weighted by molar-refractivity contribution is 0.270. The molecule has 1 aromatic heterocycles. The molecule has 1 nitrogen and oxygen atoms in total. The monoisotopic (exact) mass is 297 g/mol. The van der Waals surface area contributed by atoms with Gasteiger partial charge in [0, 0.05) is 10.9 Å². The van der Waals surface area contributed by atoms with Gasteiger partial charge in [0.1, 0.15) is 0 Å². The van der Waals surface area contributed by atoms with Crippen molar-refractivity contribution in [1.82, 2.24) is 5.32 Å². The Morgan fingerprint density at radius 3 is 2.84 bits per heavy atom. The van der Waals surface area contributed by atoms with E-state index in [1.807, 2.05) is 0 Å². The molecule has 0 bridgehead atoms. The molecule has 0 amide bonds. The second-order valence-corrected chi connectivity index (χ2v) is 8.18. The Morgan fingerprint density at radius 2 is 2.05 bits per heavy atom. The summed E-state index contributed by atoms with van der Waals surface area (Å²) >= 11 is 7.95. The van der Waals surface area contributed by atoms with Gasteiger partial charge in [0.05, 0.1) is 4.34 Å². The lowest BCUT2D eigenvalue weighted by atomic mass is 9.82. The lowest BCUT2D eigenvalue weighted by Crippen LogP contribution is -2.30. The molecule has 3 heteroatoms. The average Bonchev–Trinajstić information content (AvgIpc) is 2.79. The molecule has 0 saturated heterocycles. The van der Waals surface area contributed by atoms with E-state index in [1.54, 1.807) is 11.3 Å². The summed E-state index contributed by atoms with van der Waals surface area (Å²) < 4.78 is 0.963. The Kier molecular flexibility index (Phi) is 4.51. The highest BCUT2D eigenvalue weighted by atomic mass is 35.5. The Labute approximate surface area is 125 Å². The summed E-state index contributed by atoms with van der Waals surface area (Å²) in [6.07, 6.45) is 9.49. The molecule has 0 radical (unpaired) electrons. The predicted octanol–water partition coefficient (Wildman–Crippen LogP) is 5.19. The minimum atomic E-state index is 0.562. The number of fused-ring (bicyclic) bond motifs is 1. The van der Waals surface area contributed by atoms with E-state index >= 15 is 0 Å². The van der Waals surface area contributed by atoms with Gasteiger partial charge >= 0.3 is 0 Å². The summed E-state index contributed by atoms with van der Waals surface area (Å²) in [5.74, 6) is 1.85. The van der Waals surface area contributed by atoms with Crippen molar-refractivity contribution in [3.05, 3.63) is 20.8 Å². The van der Waals surface area contributed by atoms with Gasteiger partial charge < -0.3 is 5.32 Å². The molecule has 2 aliphatic carbocycles. The van der Waals surface area contributed by atoms with Gasteiger partial charge in [-0.05, 0) is 62.1 Å². The van der Waals surface area contributed by atoms with Crippen LogP contribution >= 0.6 is 22.9 Å². The topological polar surface area (TPSA) is 12.0 Å². The molecule has 1 unspecified atom stereocenters. The van der Waals surface area contributed by atoms with E-state index in [4.69, 9.17) is 11.6 Å². The largest absolute Gasteiger partial charge is 0.310 e. The Balaban J connectivity index is 1.56. The standard InChI is InChI=1S/C16H24ClNS/c1-11-5-7-12(8-6-11)10-18-14-3-2-4-15-13(14)9-16(17)19-15/h9,11-12,14,18H,2-8,10H2,1H3. The number of nitrogens with one attached hydrogen (secondary N) is 1. The molecule has 0 aliphatic heterocycles. The molecule has 1 heterocycles. The first kappa shape index (κ1) is 13.9. The third-order valence-corrected chi connectivity index (χ3v) is 6.21. The van der Waals surface area contributed by atoms with E-state index in [1.165, 1.54) is 61.9 Å². The number of hydrogen-bond acceptors (Lipinski definition) is 2. The molecule has 106 valence electrons. The number of hydrogen-bond donors (Lipinski definition) is 1. The maximum absolute atomic E-state index is 6.17. The number of aryl methyl sites for hydroxylation is 1. The summed E-state index contributed by atoms with van der Waals surface area (Å²) in [6.45, 7) is 3.59. The van der Waals surface area contributed by atoms with Gasteiger partial charge in [0.2, 0.25) is 0 Å². The molecule has 1 fully saturated rings. The molecule has 1 N–H and O–H groups in total. The number of halogens is 1. The van der Waals surface area contributed by atoms with Crippen molar-refractivity contribution < 1.29 is 0 Å². The molecule has 1 saturated carbocycles. The highest BCUT2D eigenvalue weighted by Gasteiger charge is 2.24. The summed E-state index contributed by atoms with van der Waals surface area (Å²) in [6, 6.07) is 2.76. The van der Waals surface area contributed by atoms with Crippen molar-refractivity contribution in [2.45, 2.75) is 57.9 Å². The van der Waals surface area contributed by atoms with Gasteiger partial charge in [0.15, 0.2) is 0 Å². The quantitative estimate of drug-likeness (QED) is 0.809. The summed E-state index contributed by atoms with van der Waals surface area (Å²) in [4.78, 5) is 1.52. The first-order chi connectivity index (χ1) is 9.22. The molecule has 0 aromatic carbocycles. The summed E-state index contributed by atoms with van der Waals surface area (Å²) in [5, 5.41) is 3.82. The zero-order valence-electron chi connectivity index (χ0n) is 11.8. The van der Waals surface area contributed by atoms with Gasteiger partial charge in [-0.2, -0.15) is 0 Å². The highest BCUT2D eigenvalue weighted by Crippen LogP contribution is 2.38. The molecule has 1 aromatic rings. The molecule has 3 rings (SSSR count). The molecule has 0 spiro atoms. The highest BCUT2D eigenvalue weighted by molar-refractivity contribution is 7.16. The third-order valence-electron chi connectivity index (χ3n) is 4.87. The zero-order valence-corrected chi connectivity index (χ0v) is 13.3. The van der Waals surface area contributed by atoms with Crippen molar-refractivity contribution in [2.75, 3.05) is 6.54 Å². The molecule has 1 atom stereocenters. The minimum absolute atomic E-state index is 0.562. The normalized spacial score (nSPS) is 31.2. The first-order valence-corrected chi connectivity index (χ1v) is 8.93. The van der Waals surface area contributed by atoms with Crippen LogP contribution in [0.5, 0.6) is 0 Å². The smallest absolute Gasteiger partial charge is 0.0934 e. The molecular weight excluding hydrogens is 274 g/mol. The van der Waals surface area contributed by atoms with Crippen LogP contribution in [0.3, 0.4) is 0 Å². The van der Waals surface area contributed by atoms with Crippen LogP contribution in [0, 0.1) is 11.8 Å². The molecule has 2 aliphatic rings. The van der Waals surface area contributed by atoms with Gasteiger partial charge in [-0.3, -0.25) is 0 Å². The van der Waals surface area contributed by atoms with Crippen molar-refractivity contribution in [3.8, 4) is 0 Å². The van der Waals surface area contributed by atoms with Crippen LogP contribution in [0.1, 0.15) is 61.9 Å². The second kappa shape index (κ2) is 6.15. The van der Waals surface area contributed by atoms with E-state index < -0.39 is 0 Å². The second-order valence-electron chi connectivity index (χ2n) is 6.41. The van der Waals surface area contributed by atoms with Crippen LogP contribution < -0.4 is 5.32 Å². The van der Waals surface area contributed by atoms with Gasteiger partial charge in [-0.1, -0.05) is 31.4 Å². The molecule has 19 heavy (non-hydrogen) atoms. The summed E-state index contributed by atoms with van der Waals surface area (Å²) in [5.41, 5.74) is 1.49. The third kappa shape index (κ3) is 3.34. The van der Waals surface area contributed by atoms with Crippen LogP contribution in [0.15, 0.2) is 6.07 Å². The average molecular weight is 298 g/mol. The SMILES string of the molecule is CC1CCC(CNC2CCCc3sc(Cl)cc32)CC1. The van der Waals surface area contributed by atoms with Crippen LogP contribution in [-0.2, 0) is 6.42 Å². The summed E-state index contributed by atoms with van der Waals surface area (Å²) in [7, 11) is 0. The van der Waals surface area contributed by atoms with Crippen molar-refractivity contribution in [1.29, 1.82) is 0 Å². The van der Waals surface area contributed by atoms with E-state index in [2.05, 4.69) is 18.3 Å². The fourth-order valence-electron chi connectivity index (χ4n) is 3.58. The van der Waals surface area contributed by atoms with Crippen LogP contribution in [0.25, 0.3) is 0 Å². The van der Waals surface area contributed by atoms with Crippen LogP contribution in [0.2, 0.25) is 4.34 Å². The van der Waals surface area contributed by atoms with Crippen LogP contribution in [-0.4, -0.2) is 6.54 Å². The maximum atomic E-state index is 6.17. The van der Waals surface area contributed by atoms with Gasteiger partial charge in [-0.25, -0.2) is 0 Å². The molecular formula is C16H24ClNS.